The molecule has 1 aliphatic rings. The van der Waals surface area contributed by atoms with E-state index in [1.165, 1.54) is 25.0 Å². The molecule has 0 radical (unpaired) electrons. The largest absolute Gasteiger partial charge is 0.360 e. The lowest BCUT2D eigenvalue weighted by Gasteiger charge is -2.14. The van der Waals surface area contributed by atoms with Gasteiger partial charge in [0, 0.05) is 25.2 Å². The third-order valence-electron chi connectivity index (χ3n) is 3.55. The van der Waals surface area contributed by atoms with E-state index < -0.39 is 0 Å². The van der Waals surface area contributed by atoms with Crippen molar-refractivity contribution in [2.45, 2.75) is 38.5 Å². The SMILES string of the molecule is CN(Cc1ccc(F)cc1)Cc1cc(CNC2CC2)no1. The summed E-state index contributed by atoms with van der Waals surface area (Å²) in [6, 6.07) is 9.25. The lowest BCUT2D eigenvalue weighted by molar-refractivity contribution is 0.265. The number of nitrogens with one attached hydrogen (secondary N) is 1. The van der Waals surface area contributed by atoms with Gasteiger partial charge in [0.15, 0.2) is 5.76 Å². The second kappa shape index (κ2) is 6.37. The van der Waals surface area contributed by atoms with Crippen LogP contribution in [0, 0.1) is 5.82 Å². The summed E-state index contributed by atoms with van der Waals surface area (Å²) in [5.74, 6) is 0.650. The van der Waals surface area contributed by atoms with Crippen LogP contribution in [-0.2, 0) is 19.6 Å². The van der Waals surface area contributed by atoms with Gasteiger partial charge in [-0.15, -0.1) is 0 Å². The molecular weight excluding hydrogens is 269 g/mol. The van der Waals surface area contributed by atoms with E-state index >= 15 is 0 Å². The van der Waals surface area contributed by atoms with Crippen molar-refractivity contribution in [3.8, 4) is 0 Å². The topological polar surface area (TPSA) is 41.3 Å². The smallest absolute Gasteiger partial charge is 0.151 e. The summed E-state index contributed by atoms with van der Waals surface area (Å²) in [6.45, 7) is 2.21. The number of aromatic nitrogens is 1. The minimum Gasteiger partial charge on any atom is -0.360 e. The van der Waals surface area contributed by atoms with E-state index in [1.807, 2.05) is 13.1 Å². The van der Waals surface area contributed by atoms with Gasteiger partial charge in [0.05, 0.1) is 12.2 Å². The van der Waals surface area contributed by atoms with Crippen LogP contribution >= 0.6 is 0 Å². The average molecular weight is 289 g/mol. The summed E-state index contributed by atoms with van der Waals surface area (Å²) in [5, 5.41) is 7.49. The molecule has 3 rings (SSSR count). The Kier molecular flexibility index (Phi) is 4.31. The normalized spacial score (nSPS) is 14.8. The minimum absolute atomic E-state index is 0.204. The Morgan fingerprint density at radius 1 is 1.29 bits per heavy atom. The van der Waals surface area contributed by atoms with E-state index in [2.05, 4.69) is 15.4 Å². The Morgan fingerprint density at radius 2 is 2.05 bits per heavy atom. The quantitative estimate of drug-likeness (QED) is 0.851. The predicted octanol–water partition coefficient (Wildman–Crippen LogP) is 2.70. The van der Waals surface area contributed by atoms with Gasteiger partial charge in [0.1, 0.15) is 5.82 Å². The lowest BCUT2D eigenvalue weighted by atomic mass is 10.2. The monoisotopic (exact) mass is 289 g/mol. The molecule has 1 heterocycles. The van der Waals surface area contributed by atoms with Gasteiger partial charge < -0.3 is 9.84 Å². The molecular formula is C16H20FN3O. The van der Waals surface area contributed by atoms with Crippen LogP contribution in [0.2, 0.25) is 0 Å². The first-order valence-corrected chi connectivity index (χ1v) is 7.30. The van der Waals surface area contributed by atoms with Gasteiger partial charge in [-0.25, -0.2) is 4.39 Å². The number of nitrogens with zero attached hydrogens (tertiary/aromatic N) is 2. The van der Waals surface area contributed by atoms with Gasteiger partial charge in [-0.05, 0) is 37.6 Å². The van der Waals surface area contributed by atoms with Crippen molar-refractivity contribution in [1.29, 1.82) is 0 Å². The third kappa shape index (κ3) is 4.37. The van der Waals surface area contributed by atoms with Crippen LogP contribution in [0.4, 0.5) is 4.39 Å². The second-order valence-corrected chi connectivity index (χ2v) is 5.74. The highest BCUT2D eigenvalue weighted by atomic mass is 19.1. The van der Waals surface area contributed by atoms with Crippen molar-refractivity contribution in [3.05, 3.63) is 53.2 Å². The first kappa shape index (κ1) is 14.2. The van der Waals surface area contributed by atoms with Gasteiger partial charge in [-0.2, -0.15) is 0 Å². The Balaban J connectivity index is 1.49. The molecule has 1 aromatic carbocycles. The molecule has 1 saturated carbocycles. The Bertz CT molecular complexity index is 577. The fourth-order valence-corrected chi connectivity index (χ4v) is 2.27. The Labute approximate surface area is 123 Å². The molecule has 0 spiro atoms. The van der Waals surface area contributed by atoms with Gasteiger partial charge in [0.2, 0.25) is 0 Å². The third-order valence-corrected chi connectivity index (χ3v) is 3.55. The highest BCUT2D eigenvalue weighted by Crippen LogP contribution is 2.19. The molecule has 0 aliphatic heterocycles. The molecule has 4 nitrogen and oxygen atoms in total. The predicted molar refractivity (Wildman–Crippen MR) is 77.9 cm³/mol. The molecule has 2 aromatic rings. The number of hydrogen-bond acceptors (Lipinski definition) is 4. The van der Waals surface area contributed by atoms with Crippen molar-refractivity contribution >= 4 is 0 Å². The van der Waals surface area contributed by atoms with Crippen LogP contribution in [-0.4, -0.2) is 23.1 Å². The van der Waals surface area contributed by atoms with Gasteiger partial charge in [-0.3, -0.25) is 4.90 Å². The van der Waals surface area contributed by atoms with Crippen LogP contribution in [0.1, 0.15) is 29.9 Å². The molecule has 1 aliphatic carbocycles. The van der Waals surface area contributed by atoms with Crippen LogP contribution in [0.25, 0.3) is 0 Å². The van der Waals surface area contributed by atoms with Crippen molar-refractivity contribution in [1.82, 2.24) is 15.4 Å². The molecule has 5 heteroatoms. The molecule has 0 bridgehead atoms. The number of halogens is 1. The van der Waals surface area contributed by atoms with Crippen molar-refractivity contribution in [2.75, 3.05) is 7.05 Å². The fourth-order valence-electron chi connectivity index (χ4n) is 2.27. The maximum atomic E-state index is 12.9. The number of benzene rings is 1. The van der Waals surface area contributed by atoms with E-state index in [1.54, 1.807) is 12.1 Å². The van der Waals surface area contributed by atoms with E-state index in [9.17, 15) is 4.39 Å². The van der Waals surface area contributed by atoms with Crippen LogP contribution in [0.5, 0.6) is 0 Å². The Hall–Kier alpha value is -1.72. The zero-order valence-corrected chi connectivity index (χ0v) is 12.2. The molecule has 1 N–H and O–H groups in total. The van der Waals surface area contributed by atoms with Crippen LogP contribution in [0.15, 0.2) is 34.9 Å². The fraction of sp³-hybridized carbons (Fsp3) is 0.438. The first-order valence-electron chi connectivity index (χ1n) is 7.30. The summed E-state index contributed by atoms with van der Waals surface area (Å²) in [4.78, 5) is 2.12. The molecule has 1 aromatic heterocycles. The Morgan fingerprint density at radius 3 is 2.76 bits per heavy atom. The molecule has 0 atom stereocenters. The molecule has 0 unspecified atom stereocenters. The summed E-state index contributed by atoms with van der Waals surface area (Å²) in [7, 11) is 2.01. The standard InChI is InChI=1S/C16H20FN3O/c1-20(10-12-2-4-13(17)5-3-12)11-16-8-15(19-21-16)9-18-14-6-7-14/h2-5,8,14,18H,6-7,9-11H2,1H3. The number of hydrogen-bond donors (Lipinski definition) is 1. The average Bonchev–Trinajstić information content (AvgIpc) is 3.19. The van der Waals surface area contributed by atoms with E-state index in [4.69, 9.17) is 4.52 Å². The van der Waals surface area contributed by atoms with Gasteiger partial charge in [0.25, 0.3) is 0 Å². The zero-order chi connectivity index (χ0) is 14.7. The van der Waals surface area contributed by atoms with Crippen molar-refractivity contribution < 1.29 is 8.91 Å². The van der Waals surface area contributed by atoms with Crippen LogP contribution < -0.4 is 5.32 Å². The molecule has 0 saturated heterocycles. The van der Waals surface area contributed by atoms with Gasteiger partial charge >= 0.3 is 0 Å². The van der Waals surface area contributed by atoms with Crippen molar-refractivity contribution in [2.24, 2.45) is 0 Å². The number of rotatable bonds is 7. The summed E-state index contributed by atoms with van der Waals surface area (Å²) >= 11 is 0. The summed E-state index contributed by atoms with van der Waals surface area (Å²) < 4.78 is 18.2. The van der Waals surface area contributed by atoms with Crippen LogP contribution in [0.3, 0.4) is 0 Å². The molecule has 21 heavy (non-hydrogen) atoms. The first-order chi connectivity index (χ1) is 10.2. The summed E-state index contributed by atoms with van der Waals surface area (Å²) in [5.41, 5.74) is 2.03. The van der Waals surface area contributed by atoms with E-state index in [0.717, 1.165) is 30.1 Å². The lowest BCUT2D eigenvalue weighted by Crippen LogP contribution is -2.17. The second-order valence-electron chi connectivity index (χ2n) is 5.74. The molecule has 1 fully saturated rings. The van der Waals surface area contributed by atoms with E-state index in [-0.39, 0.29) is 5.82 Å². The summed E-state index contributed by atoms with van der Waals surface area (Å²) in [6.07, 6.45) is 2.54. The van der Waals surface area contributed by atoms with Crippen molar-refractivity contribution in [3.63, 3.8) is 0 Å². The molecule has 0 amide bonds. The minimum atomic E-state index is -0.204. The highest BCUT2D eigenvalue weighted by Gasteiger charge is 2.20. The maximum absolute atomic E-state index is 12.9. The molecule has 112 valence electrons. The maximum Gasteiger partial charge on any atom is 0.151 e. The van der Waals surface area contributed by atoms with E-state index in [0.29, 0.717) is 12.6 Å². The highest BCUT2D eigenvalue weighted by molar-refractivity contribution is 5.16. The van der Waals surface area contributed by atoms with Gasteiger partial charge in [-0.1, -0.05) is 17.3 Å². The zero-order valence-electron chi connectivity index (χ0n) is 12.2.